The average Bonchev–Trinajstić information content (AvgIpc) is 2.30. The van der Waals surface area contributed by atoms with Gasteiger partial charge >= 0.3 is 0 Å². The number of nitrogen functional groups attached to an aromatic ring is 1. The van der Waals surface area contributed by atoms with E-state index in [1.807, 2.05) is 0 Å². The van der Waals surface area contributed by atoms with Crippen molar-refractivity contribution in [2.75, 3.05) is 5.73 Å². The fourth-order valence-corrected chi connectivity index (χ4v) is 1.25. The van der Waals surface area contributed by atoms with E-state index in [0.717, 1.165) is 5.56 Å². The molecule has 2 aromatic rings. The number of pyridine rings is 1. The number of ether oxygens (including phenoxy) is 1. The molecular formula is C12H11FN2O. The van der Waals surface area contributed by atoms with Crippen LogP contribution < -0.4 is 10.5 Å². The van der Waals surface area contributed by atoms with E-state index in [1.165, 1.54) is 12.1 Å². The highest BCUT2D eigenvalue weighted by Crippen LogP contribution is 2.15. The first-order valence-electron chi connectivity index (χ1n) is 4.82. The van der Waals surface area contributed by atoms with Gasteiger partial charge in [0.2, 0.25) is 0 Å². The summed E-state index contributed by atoms with van der Waals surface area (Å²) < 4.78 is 18.1. The first-order valence-corrected chi connectivity index (χ1v) is 4.82. The summed E-state index contributed by atoms with van der Waals surface area (Å²) in [5.74, 6) is 0.317. The molecule has 2 N–H and O–H groups in total. The van der Waals surface area contributed by atoms with Crippen molar-refractivity contribution in [3.05, 3.63) is 54.1 Å². The number of rotatable bonds is 3. The van der Waals surface area contributed by atoms with E-state index in [9.17, 15) is 4.39 Å². The molecule has 0 radical (unpaired) electrons. The zero-order chi connectivity index (χ0) is 11.4. The third-order valence-electron chi connectivity index (χ3n) is 2.15. The Hall–Kier alpha value is -2.10. The summed E-state index contributed by atoms with van der Waals surface area (Å²) in [6.07, 6.45) is 3.27. The first-order chi connectivity index (χ1) is 7.75. The molecule has 1 aromatic carbocycles. The fraction of sp³-hybridized carbons (Fsp3) is 0.0833. The summed E-state index contributed by atoms with van der Waals surface area (Å²) in [4.78, 5) is 3.95. The molecule has 0 aliphatic carbocycles. The predicted octanol–water partition coefficient (Wildman–Crippen LogP) is 2.38. The Labute approximate surface area is 92.7 Å². The number of hydrogen-bond acceptors (Lipinski definition) is 3. The highest BCUT2D eigenvalue weighted by atomic mass is 19.1. The molecule has 0 saturated carbocycles. The van der Waals surface area contributed by atoms with E-state index >= 15 is 0 Å². The topological polar surface area (TPSA) is 48.1 Å². The molecule has 1 aromatic heterocycles. The summed E-state index contributed by atoms with van der Waals surface area (Å²) in [6, 6.07) is 7.55. The minimum Gasteiger partial charge on any atom is -0.489 e. The molecule has 0 aliphatic rings. The third-order valence-corrected chi connectivity index (χ3v) is 2.15. The van der Waals surface area contributed by atoms with Gasteiger partial charge in [-0.15, -0.1) is 0 Å². The van der Waals surface area contributed by atoms with Gasteiger partial charge in [-0.25, -0.2) is 4.39 Å². The molecule has 1 heterocycles. The quantitative estimate of drug-likeness (QED) is 0.860. The van der Waals surface area contributed by atoms with Gasteiger partial charge in [0.05, 0.1) is 0 Å². The summed E-state index contributed by atoms with van der Waals surface area (Å²) in [5, 5.41) is 0. The van der Waals surface area contributed by atoms with Gasteiger partial charge in [-0.05, 0) is 30.3 Å². The van der Waals surface area contributed by atoms with Gasteiger partial charge in [-0.3, -0.25) is 4.98 Å². The predicted molar refractivity (Wildman–Crippen MR) is 59.4 cm³/mol. The Balaban J connectivity index is 2.02. The lowest BCUT2D eigenvalue weighted by Crippen LogP contribution is -2.00. The molecule has 0 unspecified atom stereocenters. The van der Waals surface area contributed by atoms with Gasteiger partial charge in [0.15, 0.2) is 0 Å². The molecule has 16 heavy (non-hydrogen) atoms. The monoisotopic (exact) mass is 218 g/mol. The number of anilines is 1. The number of nitrogens with two attached hydrogens (primary N) is 1. The number of nitrogens with zero attached hydrogens (tertiary/aromatic N) is 1. The smallest absolute Gasteiger partial charge is 0.123 e. The zero-order valence-electron chi connectivity index (χ0n) is 8.56. The van der Waals surface area contributed by atoms with Crippen LogP contribution in [0.25, 0.3) is 0 Å². The van der Waals surface area contributed by atoms with Crippen molar-refractivity contribution < 1.29 is 9.13 Å². The summed E-state index contributed by atoms with van der Waals surface area (Å²) in [7, 11) is 0. The second-order valence-electron chi connectivity index (χ2n) is 3.32. The standard InChI is InChI=1S/C12H11FN2O/c13-10-1-3-11(4-2-10)16-8-9-7-15-6-5-12(9)14/h1-7H,8H2,(H2,14,15). The van der Waals surface area contributed by atoms with Gasteiger partial charge in [0.1, 0.15) is 18.2 Å². The van der Waals surface area contributed by atoms with Crippen molar-refractivity contribution in [2.24, 2.45) is 0 Å². The van der Waals surface area contributed by atoms with E-state index in [-0.39, 0.29) is 5.82 Å². The van der Waals surface area contributed by atoms with Crippen molar-refractivity contribution in [2.45, 2.75) is 6.61 Å². The molecule has 3 nitrogen and oxygen atoms in total. The Morgan fingerprint density at radius 3 is 2.62 bits per heavy atom. The minimum absolute atomic E-state index is 0.284. The van der Waals surface area contributed by atoms with Crippen molar-refractivity contribution in [1.29, 1.82) is 0 Å². The number of aromatic nitrogens is 1. The molecule has 0 atom stereocenters. The first kappa shape index (κ1) is 10.4. The maximum Gasteiger partial charge on any atom is 0.123 e. The third kappa shape index (κ3) is 2.48. The van der Waals surface area contributed by atoms with Crippen LogP contribution in [-0.4, -0.2) is 4.98 Å². The summed E-state index contributed by atoms with van der Waals surface area (Å²) >= 11 is 0. The number of benzene rings is 1. The lowest BCUT2D eigenvalue weighted by molar-refractivity contribution is 0.306. The lowest BCUT2D eigenvalue weighted by Gasteiger charge is -2.07. The highest BCUT2D eigenvalue weighted by Gasteiger charge is 2.00. The molecule has 4 heteroatoms. The molecular weight excluding hydrogens is 207 g/mol. The number of halogens is 1. The van der Waals surface area contributed by atoms with Crippen LogP contribution in [0.15, 0.2) is 42.7 Å². The molecule has 0 spiro atoms. The van der Waals surface area contributed by atoms with Crippen molar-refractivity contribution in [1.82, 2.24) is 4.98 Å². The Bertz CT molecular complexity index is 471. The van der Waals surface area contributed by atoms with Crippen LogP contribution >= 0.6 is 0 Å². The Kier molecular flexibility index (Phi) is 3.00. The van der Waals surface area contributed by atoms with Crippen LogP contribution in [0.5, 0.6) is 5.75 Å². The van der Waals surface area contributed by atoms with E-state index in [1.54, 1.807) is 30.6 Å². The second-order valence-corrected chi connectivity index (χ2v) is 3.32. The lowest BCUT2D eigenvalue weighted by atomic mass is 10.2. The van der Waals surface area contributed by atoms with Crippen molar-refractivity contribution in [3.63, 3.8) is 0 Å². The normalized spacial score (nSPS) is 10.1. The molecule has 0 amide bonds. The molecule has 0 fully saturated rings. The van der Waals surface area contributed by atoms with E-state index in [2.05, 4.69) is 4.98 Å². The second kappa shape index (κ2) is 4.61. The van der Waals surface area contributed by atoms with E-state index in [0.29, 0.717) is 18.0 Å². The maximum atomic E-state index is 12.6. The van der Waals surface area contributed by atoms with Gasteiger partial charge in [0.25, 0.3) is 0 Å². The van der Waals surface area contributed by atoms with Gasteiger partial charge in [0, 0.05) is 23.6 Å². The van der Waals surface area contributed by atoms with Crippen LogP contribution in [0.3, 0.4) is 0 Å². The van der Waals surface area contributed by atoms with Crippen molar-refractivity contribution >= 4 is 5.69 Å². The SMILES string of the molecule is Nc1ccncc1COc1ccc(F)cc1. The molecule has 82 valence electrons. The van der Waals surface area contributed by atoms with Crippen LogP contribution in [0, 0.1) is 5.82 Å². The van der Waals surface area contributed by atoms with Crippen LogP contribution in [-0.2, 0) is 6.61 Å². The molecule has 2 rings (SSSR count). The zero-order valence-corrected chi connectivity index (χ0v) is 8.56. The van der Waals surface area contributed by atoms with Crippen LogP contribution in [0.4, 0.5) is 10.1 Å². The summed E-state index contributed by atoms with van der Waals surface area (Å²) in [6.45, 7) is 0.325. The average molecular weight is 218 g/mol. The minimum atomic E-state index is -0.284. The fourth-order valence-electron chi connectivity index (χ4n) is 1.25. The van der Waals surface area contributed by atoms with Gasteiger partial charge < -0.3 is 10.5 Å². The Morgan fingerprint density at radius 2 is 1.94 bits per heavy atom. The number of hydrogen-bond donors (Lipinski definition) is 1. The van der Waals surface area contributed by atoms with Crippen LogP contribution in [0.2, 0.25) is 0 Å². The van der Waals surface area contributed by atoms with Crippen LogP contribution in [0.1, 0.15) is 5.56 Å². The highest BCUT2D eigenvalue weighted by molar-refractivity contribution is 5.44. The largest absolute Gasteiger partial charge is 0.489 e. The molecule has 0 saturated heterocycles. The molecule has 0 aliphatic heterocycles. The van der Waals surface area contributed by atoms with Gasteiger partial charge in [-0.1, -0.05) is 0 Å². The summed E-state index contributed by atoms with van der Waals surface area (Å²) in [5.41, 5.74) is 7.18. The molecule has 0 bridgehead atoms. The van der Waals surface area contributed by atoms with E-state index < -0.39 is 0 Å². The maximum absolute atomic E-state index is 12.6. The van der Waals surface area contributed by atoms with Gasteiger partial charge in [-0.2, -0.15) is 0 Å². The van der Waals surface area contributed by atoms with E-state index in [4.69, 9.17) is 10.5 Å². The Morgan fingerprint density at radius 1 is 1.19 bits per heavy atom. The van der Waals surface area contributed by atoms with Crippen molar-refractivity contribution in [3.8, 4) is 5.75 Å².